The van der Waals surface area contributed by atoms with Crippen LogP contribution >= 0.6 is 0 Å². The van der Waals surface area contributed by atoms with Crippen molar-refractivity contribution < 1.29 is 23.5 Å². The Morgan fingerprint density at radius 3 is 2.41 bits per heavy atom. The zero-order valence-corrected chi connectivity index (χ0v) is 15.9. The van der Waals surface area contributed by atoms with Gasteiger partial charge in [-0.15, -0.1) is 0 Å². The number of benzene rings is 2. The molecule has 0 spiro atoms. The van der Waals surface area contributed by atoms with E-state index >= 15 is 0 Å². The summed E-state index contributed by atoms with van der Waals surface area (Å²) in [4.78, 5) is 25.6. The van der Waals surface area contributed by atoms with Gasteiger partial charge in [0.25, 0.3) is 0 Å². The number of ether oxygens (including phenoxy) is 2. The Bertz CT molecular complexity index is 1020. The summed E-state index contributed by atoms with van der Waals surface area (Å²) in [6.45, 7) is 0. The van der Waals surface area contributed by atoms with Gasteiger partial charge in [-0.2, -0.15) is 0 Å². The fourth-order valence-corrected chi connectivity index (χ4v) is 4.07. The molecule has 1 aliphatic carbocycles. The van der Waals surface area contributed by atoms with Crippen LogP contribution in [0.15, 0.2) is 77.4 Å². The fourth-order valence-electron chi connectivity index (χ4n) is 4.07. The van der Waals surface area contributed by atoms with Gasteiger partial charge in [-0.1, -0.05) is 42.5 Å². The molecule has 0 radical (unpaired) electrons. The van der Waals surface area contributed by atoms with Crippen LogP contribution in [0.3, 0.4) is 0 Å². The molecule has 1 aliphatic heterocycles. The number of hydrogen-bond donors (Lipinski definition) is 1. The zero-order valence-electron chi connectivity index (χ0n) is 15.9. The minimum atomic E-state index is -0.754. The first-order chi connectivity index (χ1) is 14.0. The van der Waals surface area contributed by atoms with Crippen molar-refractivity contribution in [3.8, 4) is 0 Å². The van der Waals surface area contributed by atoms with Gasteiger partial charge in [0.15, 0.2) is 5.78 Å². The van der Waals surface area contributed by atoms with Crippen LogP contribution in [-0.4, -0.2) is 18.9 Å². The van der Waals surface area contributed by atoms with Gasteiger partial charge in [-0.25, -0.2) is 9.18 Å². The predicted octanol–water partition coefficient (Wildman–Crippen LogP) is 3.68. The Kier molecular flexibility index (Phi) is 4.92. The zero-order chi connectivity index (χ0) is 20.5. The van der Waals surface area contributed by atoms with Crippen molar-refractivity contribution >= 4 is 11.8 Å². The van der Waals surface area contributed by atoms with Crippen LogP contribution in [0.2, 0.25) is 0 Å². The van der Waals surface area contributed by atoms with Crippen LogP contribution in [-0.2, 0) is 19.1 Å². The number of halogens is 1. The monoisotopic (exact) mass is 393 g/mol. The average Bonchev–Trinajstić information content (AvgIpc) is 2.73. The summed E-state index contributed by atoms with van der Waals surface area (Å²) in [5.41, 5.74) is 8.15. The normalized spacial score (nSPS) is 21.5. The number of carbonyl (C=O) groups excluding carboxylic acids is 2. The lowest BCUT2D eigenvalue weighted by Gasteiger charge is -2.35. The molecular formula is C23H20FNO4. The van der Waals surface area contributed by atoms with Crippen LogP contribution in [0.1, 0.15) is 35.8 Å². The van der Waals surface area contributed by atoms with Gasteiger partial charge < -0.3 is 15.2 Å². The highest BCUT2D eigenvalue weighted by molar-refractivity contribution is 6.03. The van der Waals surface area contributed by atoms with E-state index in [1.165, 1.54) is 19.2 Å². The third kappa shape index (κ3) is 3.42. The van der Waals surface area contributed by atoms with Crippen molar-refractivity contribution in [2.24, 2.45) is 5.73 Å². The quantitative estimate of drug-likeness (QED) is 0.805. The van der Waals surface area contributed by atoms with E-state index in [0.29, 0.717) is 23.3 Å². The minimum absolute atomic E-state index is 0.0382. The van der Waals surface area contributed by atoms with Crippen LogP contribution in [0.4, 0.5) is 4.39 Å². The first-order valence-electron chi connectivity index (χ1n) is 9.32. The van der Waals surface area contributed by atoms with Gasteiger partial charge in [0.05, 0.1) is 13.0 Å². The number of allylic oxidation sites excluding steroid dienone is 2. The van der Waals surface area contributed by atoms with E-state index in [-0.39, 0.29) is 29.6 Å². The molecule has 6 heteroatoms. The summed E-state index contributed by atoms with van der Waals surface area (Å²) in [5.74, 6) is -1.64. The molecule has 148 valence electrons. The fraction of sp³-hybridized carbons (Fsp3) is 0.217. The topological polar surface area (TPSA) is 78.6 Å². The number of nitrogens with two attached hydrogens (primary N) is 1. The second-order valence-electron chi connectivity index (χ2n) is 7.13. The maximum Gasteiger partial charge on any atom is 0.340 e. The van der Waals surface area contributed by atoms with Gasteiger partial charge in [-0.3, -0.25) is 4.79 Å². The molecule has 0 saturated heterocycles. The molecule has 2 aromatic rings. The average molecular weight is 393 g/mol. The van der Waals surface area contributed by atoms with Crippen LogP contribution < -0.4 is 5.73 Å². The SMILES string of the molecule is COC(=O)C1=C(N)OC2=C(C(=O)C[C@H](c3ccccc3)C2)[C@H]1c1ccc(F)cc1. The number of esters is 1. The third-order valence-corrected chi connectivity index (χ3v) is 5.42. The van der Waals surface area contributed by atoms with Gasteiger partial charge in [-0.05, 0) is 29.2 Å². The van der Waals surface area contributed by atoms with Crippen LogP contribution in [0, 0.1) is 5.82 Å². The first kappa shape index (κ1) is 18.9. The van der Waals surface area contributed by atoms with Crippen LogP contribution in [0.5, 0.6) is 0 Å². The Hall–Kier alpha value is -3.41. The van der Waals surface area contributed by atoms with E-state index in [1.807, 2.05) is 30.3 Å². The minimum Gasteiger partial charge on any atom is -0.465 e. The van der Waals surface area contributed by atoms with E-state index in [2.05, 4.69) is 0 Å². The number of rotatable bonds is 3. The van der Waals surface area contributed by atoms with Crippen molar-refractivity contribution in [3.05, 3.63) is 94.3 Å². The van der Waals surface area contributed by atoms with E-state index in [9.17, 15) is 14.0 Å². The van der Waals surface area contributed by atoms with Crippen molar-refractivity contribution in [1.29, 1.82) is 0 Å². The second-order valence-corrected chi connectivity index (χ2v) is 7.13. The highest BCUT2D eigenvalue weighted by Gasteiger charge is 2.43. The molecule has 5 nitrogen and oxygen atoms in total. The third-order valence-electron chi connectivity index (χ3n) is 5.42. The van der Waals surface area contributed by atoms with Crippen LogP contribution in [0.25, 0.3) is 0 Å². The van der Waals surface area contributed by atoms with Gasteiger partial charge in [0.2, 0.25) is 5.88 Å². The molecule has 0 saturated carbocycles. The lowest BCUT2D eigenvalue weighted by molar-refractivity contribution is -0.136. The van der Waals surface area contributed by atoms with Gasteiger partial charge >= 0.3 is 5.97 Å². The summed E-state index contributed by atoms with van der Waals surface area (Å²) in [6.07, 6.45) is 0.774. The van der Waals surface area contributed by atoms with Gasteiger partial charge in [0.1, 0.15) is 17.1 Å². The number of carbonyl (C=O) groups is 2. The van der Waals surface area contributed by atoms with E-state index in [0.717, 1.165) is 5.56 Å². The molecule has 0 unspecified atom stereocenters. The van der Waals surface area contributed by atoms with Crippen molar-refractivity contribution in [1.82, 2.24) is 0 Å². The predicted molar refractivity (Wildman–Crippen MR) is 104 cm³/mol. The maximum absolute atomic E-state index is 13.5. The van der Waals surface area contributed by atoms with Gasteiger partial charge in [0, 0.05) is 18.4 Å². The number of methoxy groups -OCH3 is 1. The number of ketones is 1. The highest BCUT2D eigenvalue weighted by Crippen LogP contribution is 2.47. The molecule has 2 N–H and O–H groups in total. The maximum atomic E-state index is 13.5. The summed E-state index contributed by atoms with van der Waals surface area (Å²) < 4.78 is 24.1. The van der Waals surface area contributed by atoms with E-state index in [4.69, 9.17) is 15.2 Å². The molecule has 2 aromatic carbocycles. The molecule has 0 aromatic heterocycles. The molecule has 0 bridgehead atoms. The number of hydrogen-bond acceptors (Lipinski definition) is 5. The van der Waals surface area contributed by atoms with Crippen molar-refractivity contribution in [3.63, 3.8) is 0 Å². The number of Topliss-reactive ketones (excluding diaryl/α,β-unsaturated/α-hetero) is 1. The highest BCUT2D eigenvalue weighted by atomic mass is 19.1. The summed E-state index contributed by atoms with van der Waals surface area (Å²) in [5, 5.41) is 0. The smallest absolute Gasteiger partial charge is 0.340 e. The Labute approximate surface area is 167 Å². The summed E-state index contributed by atoms with van der Waals surface area (Å²) in [6, 6.07) is 15.4. The van der Waals surface area contributed by atoms with E-state index < -0.39 is 17.7 Å². The molecular weight excluding hydrogens is 373 g/mol. The molecule has 1 heterocycles. The molecule has 0 fully saturated rings. The second kappa shape index (κ2) is 7.54. The molecule has 2 atom stereocenters. The lowest BCUT2D eigenvalue weighted by Crippen LogP contribution is -2.32. The summed E-state index contributed by atoms with van der Waals surface area (Å²) >= 11 is 0. The lowest BCUT2D eigenvalue weighted by atomic mass is 9.73. The molecule has 4 rings (SSSR count). The molecule has 2 aliphatic rings. The molecule has 0 amide bonds. The Balaban J connectivity index is 1.81. The standard InChI is InChI=1S/C23H20FNO4/c1-28-23(27)21-19(14-7-9-16(24)10-8-14)20-17(26)11-15(12-18(20)29-22(21)25)13-5-3-2-4-6-13/h2-10,15,19H,11-12,25H2,1H3/t15-,19+/m0/s1. The summed E-state index contributed by atoms with van der Waals surface area (Å²) in [7, 11) is 1.24. The van der Waals surface area contributed by atoms with Crippen molar-refractivity contribution in [2.45, 2.75) is 24.7 Å². The van der Waals surface area contributed by atoms with E-state index in [1.54, 1.807) is 12.1 Å². The first-order valence-corrected chi connectivity index (χ1v) is 9.32. The Morgan fingerprint density at radius 2 is 1.76 bits per heavy atom. The largest absolute Gasteiger partial charge is 0.465 e. The van der Waals surface area contributed by atoms with Crippen molar-refractivity contribution in [2.75, 3.05) is 7.11 Å². The Morgan fingerprint density at radius 1 is 1.07 bits per heavy atom. The molecule has 29 heavy (non-hydrogen) atoms.